The van der Waals surface area contributed by atoms with Crippen LogP contribution in [0.2, 0.25) is 0 Å². The van der Waals surface area contributed by atoms with Crippen LogP contribution < -0.4 is 16.8 Å². The maximum absolute atomic E-state index is 11.0. The number of nitrogens with one attached hydrogen (secondary N) is 1. The normalized spacial score (nSPS) is 12.1. The molecule has 14 heavy (non-hydrogen) atoms. The topological polar surface area (TPSA) is 98.2 Å². The molecule has 0 aromatic rings. The Morgan fingerprint density at radius 3 is 2.43 bits per heavy atom. The molecule has 0 spiro atoms. The number of primary amides is 1. The van der Waals surface area contributed by atoms with Crippen LogP contribution in [0.4, 0.5) is 4.79 Å². The number of carbonyl (C=O) groups is 2. The van der Waals surface area contributed by atoms with Crippen LogP contribution in [-0.4, -0.2) is 18.5 Å². The van der Waals surface area contributed by atoms with E-state index in [1.54, 1.807) is 0 Å². The summed E-state index contributed by atoms with van der Waals surface area (Å²) in [4.78, 5) is 21.4. The zero-order valence-electron chi connectivity index (χ0n) is 8.58. The molecule has 0 aromatic heterocycles. The van der Waals surface area contributed by atoms with Gasteiger partial charge in [-0.3, -0.25) is 10.1 Å². The van der Waals surface area contributed by atoms with Crippen molar-refractivity contribution >= 4 is 11.9 Å². The van der Waals surface area contributed by atoms with E-state index in [4.69, 9.17) is 11.5 Å². The van der Waals surface area contributed by atoms with Crippen LogP contribution in [0.5, 0.6) is 0 Å². The minimum atomic E-state index is -0.790. The molecular formula is C9H19N3O2. The van der Waals surface area contributed by atoms with Crippen molar-refractivity contribution in [3.05, 3.63) is 0 Å². The van der Waals surface area contributed by atoms with E-state index in [1.165, 1.54) is 0 Å². The molecular weight excluding hydrogens is 182 g/mol. The first-order valence-corrected chi connectivity index (χ1v) is 4.89. The van der Waals surface area contributed by atoms with E-state index in [0.29, 0.717) is 18.9 Å². The van der Waals surface area contributed by atoms with E-state index in [0.717, 1.165) is 19.3 Å². The standard InChI is InChI=1S/C9H19N3O2/c1-2-7(5-6-10)3-4-8(13)12-9(11)14/h7H,2-6,10H2,1H3,(H3,11,12,13,14). The molecule has 5 N–H and O–H groups in total. The average Bonchev–Trinajstić information content (AvgIpc) is 2.11. The molecule has 5 nitrogen and oxygen atoms in total. The van der Waals surface area contributed by atoms with E-state index in [9.17, 15) is 9.59 Å². The smallest absolute Gasteiger partial charge is 0.318 e. The number of hydrogen-bond donors (Lipinski definition) is 3. The third kappa shape index (κ3) is 6.42. The molecule has 1 unspecified atom stereocenters. The van der Waals surface area contributed by atoms with E-state index in [2.05, 4.69) is 6.92 Å². The Balaban J connectivity index is 3.67. The Hall–Kier alpha value is -1.10. The highest BCUT2D eigenvalue weighted by atomic mass is 16.2. The van der Waals surface area contributed by atoms with Crippen molar-refractivity contribution in [2.75, 3.05) is 6.54 Å². The lowest BCUT2D eigenvalue weighted by Gasteiger charge is -2.12. The summed E-state index contributed by atoms with van der Waals surface area (Å²) in [6.45, 7) is 2.70. The average molecular weight is 201 g/mol. The predicted octanol–water partition coefficient (Wildman–Crippen LogP) is 0.337. The first kappa shape index (κ1) is 12.9. The SMILES string of the molecule is CCC(CCN)CCC(=O)NC(N)=O. The van der Waals surface area contributed by atoms with Crippen LogP contribution in [0, 0.1) is 5.92 Å². The number of imide groups is 1. The summed E-state index contributed by atoms with van der Waals surface area (Å²) in [5.74, 6) is 0.145. The Kier molecular flexibility index (Phi) is 6.74. The fourth-order valence-corrected chi connectivity index (χ4v) is 1.32. The van der Waals surface area contributed by atoms with E-state index in [1.807, 2.05) is 5.32 Å². The van der Waals surface area contributed by atoms with E-state index in [-0.39, 0.29) is 5.91 Å². The van der Waals surface area contributed by atoms with Gasteiger partial charge < -0.3 is 11.5 Å². The highest BCUT2D eigenvalue weighted by Gasteiger charge is 2.09. The molecule has 0 aliphatic rings. The van der Waals surface area contributed by atoms with Crippen LogP contribution in [0.3, 0.4) is 0 Å². The number of carbonyl (C=O) groups excluding carboxylic acids is 2. The summed E-state index contributed by atoms with van der Waals surface area (Å²) < 4.78 is 0. The molecule has 82 valence electrons. The maximum atomic E-state index is 11.0. The molecule has 0 saturated carbocycles. The van der Waals surface area contributed by atoms with Crippen LogP contribution in [0.1, 0.15) is 32.6 Å². The molecule has 1 atom stereocenters. The third-order valence-corrected chi connectivity index (χ3v) is 2.19. The van der Waals surface area contributed by atoms with Crippen molar-refractivity contribution in [1.29, 1.82) is 0 Å². The Labute approximate surface area is 84.2 Å². The van der Waals surface area contributed by atoms with Gasteiger partial charge in [-0.15, -0.1) is 0 Å². The summed E-state index contributed by atoms with van der Waals surface area (Å²) in [7, 11) is 0. The fraction of sp³-hybridized carbons (Fsp3) is 0.778. The number of rotatable bonds is 6. The lowest BCUT2D eigenvalue weighted by molar-refractivity contribution is -0.120. The van der Waals surface area contributed by atoms with Gasteiger partial charge in [-0.05, 0) is 25.3 Å². The molecule has 0 radical (unpaired) electrons. The maximum Gasteiger partial charge on any atom is 0.318 e. The number of nitrogens with two attached hydrogens (primary N) is 2. The molecule has 0 aliphatic carbocycles. The second kappa shape index (κ2) is 7.32. The number of urea groups is 1. The molecule has 0 aliphatic heterocycles. The Morgan fingerprint density at radius 2 is 2.00 bits per heavy atom. The Morgan fingerprint density at radius 1 is 1.36 bits per heavy atom. The molecule has 0 heterocycles. The molecule has 0 rings (SSSR count). The van der Waals surface area contributed by atoms with Gasteiger partial charge in [0.2, 0.25) is 5.91 Å². The lowest BCUT2D eigenvalue weighted by atomic mass is 9.96. The van der Waals surface area contributed by atoms with Crippen LogP contribution in [-0.2, 0) is 4.79 Å². The largest absolute Gasteiger partial charge is 0.351 e. The molecule has 5 heteroatoms. The van der Waals surface area contributed by atoms with Gasteiger partial charge in [0.05, 0.1) is 0 Å². The minimum Gasteiger partial charge on any atom is -0.351 e. The van der Waals surface area contributed by atoms with Crippen molar-refractivity contribution in [1.82, 2.24) is 5.32 Å². The van der Waals surface area contributed by atoms with Gasteiger partial charge in [-0.25, -0.2) is 4.79 Å². The van der Waals surface area contributed by atoms with Crippen molar-refractivity contribution < 1.29 is 9.59 Å². The number of hydrogen-bond acceptors (Lipinski definition) is 3. The summed E-state index contributed by atoms with van der Waals surface area (Å²) in [5.41, 5.74) is 10.2. The Bertz CT molecular complexity index is 194. The summed E-state index contributed by atoms with van der Waals surface area (Å²) in [6, 6.07) is -0.790. The zero-order valence-corrected chi connectivity index (χ0v) is 8.58. The quantitative estimate of drug-likeness (QED) is 0.577. The summed E-state index contributed by atoms with van der Waals surface area (Å²) >= 11 is 0. The monoisotopic (exact) mass is 201 g/mol. The molecule has 0 aromatic carbocycles. The van der Waals surface area contributed by atoms with Crippen molar-refractivity contribution in [3.8, 4) is 0 Å². The van der Waals surface area contributed by atoms with Crippen LogP contribution in [0.25, 0.3) is 0 Å². The molecule has 0 bridgehead atoms. The molecule has 0 saturated heterocycles. The fourth-order valence-electron chi connectivity index (χ4n) is 1.32. The van der Waals surface area contributed by atoms with Gasteiger partial charge in [0, 0.05) is 6.42 Å². The first-order valence-electron chi connectivity index (χ1n) is 4.89. The second-order valence-electron chi connectivity index (χ2n) is 3.30. The van der Waals surface area contributed by atoms with Crippen molar-refractivity contribution in [2.45, 2.75) is 32.6 Å². The predicted molar refractivity (Wildman–Crippen MR) is 54.4 cm³/mol. The zero-order chi connectivity index (χ0) is 11.0. The van der Waals surface area contributed by atoms with Crippen molar-refractivity contribution in [3.63, 3.8) is 0 Å². The van der Waals surface area contributed by atoms with Crippen LogP contribution in [0.15, 0.2) is 0 Å². The lowest BCUT2D eigenvalue weighted by Crippen LogP contribution is -2.35. The second-order valence-corrected chi connectivity index (χ2v) is 3.30. The highest BCUT2D eigenvalue weighted by molar-refractivity contribution is 5.93. The van der Waals surface area contributed by atoms with Gasteiger partial charge in [0.1, 0.15) is 0 Å². The van der Waals surface area contributed by atoms with Crippen molar-refractivity contribution in [2.24, 2.45) is 17.4 Å². The minimum absolute atomic E-state index is 0.312. The van der Waals surface area contributed by atoms with Gasteiger partial charge in [-0.1, -0.05) is 13.3 Å². The van der Waals surface area contributed by atoms with E-state index < -0.39 is 6.03 Å². The number of amides is 3. The third-order valence-electron chi connectivity index (χ3n) is 2.19. The van der Waals surface area contributed by atoms with Crippen LogP contribution >= 0.6 is 0 Å². The first-order chi connectivity index (χ1) is 6.60. The molecule has 3 amide bonds. The summed E-state index contributed by atoms with van der Waals surface area (Å²) in [5, 5.41) is 2.03. The van der Waals surface area contributed by atoms with Gasteiger partial charge in [-0.2, -0.15) is 0 Å². The summed E-state index contributed by atoms with van der Waals surface area (Å²) in [6.07, 6.45) is 3.01. The van der Waals surface area contributed by atoms with Gasteiger partial charge in [0.15, 0.2) is 0 Å². The highest BCUT2D eigenvalue weighted by Crippen LogP contribution is 2.13. The molecule has 0 fully saturated rings. The van der Waals surface area contributed by atoms with Gasteiger partial charge in [0.25, 0.3) is 0 Å². The van der Waals surface area contributed by atoms with E-state index >= 15 is 0 Å². The van der Waals surface area contributed by atoms with Gasteiger partial charge >= 0.3 is 6.03 Å².